The van der Waals surface area contributed by atoms with Gasteiger partial charge in [0.25, 0.3) is 0 Å². The maximum absolute atomic E-state index is 12.8. The Hall–Kier alpha value is -2.25. The third-order valence-electron chi connectivity index (χ3n) is 3.70. The van der Waals surface area contributed by atoms with Gasteiger partial charge in [-0.05, 0) is 24.3 Å². The van der Waals surface area contributed by atoms with Gasteiger partial charge in [-0.25, -0.2) is 9.37 Å². The minimum Gasteiger partial charge on any atom is -0.492 e. The van der Waals surface area contributed by atoms with Crippen LogP contribution in [0.2, 0.25) is 0 Å². The standard InChI is InChI=1S/C16H19FN4O2/c17-12-1-3-13(4-2-12)22-9-7-21-8-10-23-14(11-21)15-16(18)20-6-5-19-15/h1-6,14H,7-11H2,(H2,18,20). The summed E-state index contributed by atoms with van der Waals surface area (Å²) in [4.78, 5) is 10.5. The first kappa shape index (κ1) is 15.6. The summed E-state index contributed by atoms with van der Waals surface area (Å²) < 4.78 is 24.2. The molecule has 1 fully saturated rings. The Bertz CT molecular complexity index is 638. The van der Waals surface area contributed by atoms with Gasteiger partial charge in [0, 0.05) is 32.0 Å². The highest BCUT2D eigenvalue weighted by molar-refractivity contribution is 5.35. The lowest BCUT2D eigenvalue weighted by Crippen LogP contribution is -2.40. The van der Waals surface area contributed by atoms with Gasteiger partial charge in [0.05, 0.1) is 6.61 Å². The molecule has 0 saturated carbocycles. The summed E-state index contributed by atoms with van der Waals surface area (Å²) in [5, 5.41) is 0. The topological polar surface area (TPSA) is 73.5 Å². The van der Waals surface area contributed by atoms with Crippen molar-refractivity contribution in [1.29, 1.82) is 0 Å². The second-order valence-electron chi connectivity index (χ2n) is 5.29. The highest BCUT2D eigenvalue weighted by atomic mass is 19.1. The number of ether oxygens (including phenoxy) is 2. The molecule has 1 unspecified atom stereocenters. The zero-order valence-electron chi connectivity index (χ0n) is 12.7. The summed E-state index contributed by atoms with van der Waals surface area (Å²) in [5.74, 6) is 0.797. The van der Waals surface area contributed by atoms with Gasteiger partial charge in [-0.2, -0.15) is 0 Å². The number of benzene rings is 1. The number of anilines is 1. The van der Waals surface area contributed by atoms with Crippen LogP contribution in [0.4, 0.5) is 10.2 Å². The van der Waals surface area contributed by atoms with Crippen LogP contribution >= 0.6 is 0 Å². The predicted molar refractivity (Wildman–Crippen MR) is 83.5 cm³/mol. The number of aromatic nitrogens is 2. The van der Waals surface area contributed by atoms with Crippen molar-refractivity contribution in [2.24, 2.45) is 0 Å². The molecule has 0 amide bonds. The quantitative estimate of drug-likeness (QED) is 0.903. The zero-order valence-corrected chi connectivity index (χ0v) is 12.7. The fourth-order valence-electron chi connectivity index (χ4n) is 2.50. The molecule has 3 rings (SSSR count). The van der Waals surface area contributed by atoms with Crippen LogP contribution in [-0.2, 0) is 4.74 Å². The van der Waals surface area contributed by atoms with Gasteiger partial charge in [0.1, 0.15) is 35.8 Å². The smallest absolute Gasteiger partial charge is 0.147 e. The van der Waals surface area contributed by atoms with Crippen molar-refractivity contribution in [2.45, 2.75) is 6.10 Å². The molecule has 1 aliphatic heterocycles. The van der Waals surface area contributed by atoms with Gasteiger partial charge in [0.2, 0.25) is 0 Å². The average molecular weight is 318 g/mol. The summed E-state index contributed by atoms with van der Waals surface area (Å²) in [5.41, 5.74) is 6.54. The molecule has 1 saturated heterocycles. The third kappa shape index (κ3) is 4.14. The Balaban J connectivity index is 1.51. The number of hydrogen-bond donors (Lipinski definition) is 1. The van der Waals surface area contributed by atoms with Crippen LogP contribution in [0.3, 0.4) is 0 Å². The van der Waals surface area contributed by atoms with E-state index in [1.165, 1.54) is 12.1 Å². The van der Waals surface area contributed by atoms with Crippen molar-refractivity contribution in [1.82, 2.24) is 14.9 Å². The molecule has 1 atom stereocenters. The van der Waals surface area contributed by atoms with Crippen molar-refractivity contribution < 1.29 is 13.9 Å². The van der Waals surface area contributed by atoms with E-state index in [0.29, 0.717) is 37.0 Å². The third-order valence-corrected chi connectivity index (χ3v) is 3.70. The van der Waals surface area contributed by atoms with E-state index in [9.17, 15) is 4.39 Å². The molecule has 122 valence electrons. The molecule has 0 aliphatic carbocycles. The minimum absolute atomic E-state index is 0.178. The highest BCUT2D eigenvalue weighted by Crippen LogP contribution is 2.23. The molecule has 6 nitrogen and oxygen atoms in total. The molecule has 0 spiro atoms. The van der Waals surface area contributed by atoms with Crippen LogP contribution in [-0.4, -0.2) is 47.7 Å². The normalized spacial score (nSPS) is 18.7. The monoisotopic (exact) mass is 318 g/mol. The van der Waals surface area contributed by atoms with E-state index in [4.69, 9.17) is 15.2 Å². The minimum atomic E-state index is -0.269. The van der Waals surface area contributed by atoms with Crippen LogP contribution < -0.4 is 10.5 Å². The first-order valence-electron chi connectivity index (χ1n) is 7.51. The van der Waals surface area contributed by atoms with E-state index in [2.05, 4.69) is 14.9 Å². The first-order chi connectivity index (χ1) is 11.2. The number of rotatable bonds is 5. The first-order valence-corrected chi connectivity index (χ1v) is 7.51. The van der Waals surface area contributed by atoms with E-state index in [-0.39, 0.29) is 11.9 Å². The molecule has 0 radical (unpaired) electrons. The van der Waals surface area contributed by atoms with Crippen LogP contribution in [0.25, 0.3) is 0 Å². The molecule has 1 aromatic heterocycles. The number of nitrogen functional groups attached to an aromatic ring is 1. The number of nitrogens with two attached hydrogens (primary N) is 1. The van der Waals surface area contributed by atoms with Gasteiger partial charge in [-0.3, -0.25) is 9.88 Å². The van der Waals surface area contributed by atoms with Crippen molar-refractivity contribution in [3.05, 3.63) is 48.2 Å². The van der Waals surface area contributed by atoms with E-state index in [1.54, 1.807) is 24.5 Å². The number of morpholine rings is 1. The van der Waals surface area contributed by atoms with E-state index >= 15 is 0 Å². The van der Waals surface area contributed by atoms with Gasteiger partial charge < -0.3 is 15.2 Å². The predicted octanol–water partition coefficient (Wildman–Crippen LogP) is 1.65. The summed E-state index contributed by atoms with van der Waals surface area (Å²) in [7, 11) is 0. The van der Waals surface area contributed by atoms with E-state index in [1.807, 2.05) is 0 Å². The summed E-state index contributed by atoms with van der Waals surface area (Å²) in [6.07, 6.45) is 3.00. The van der Waals surface area contributed by atoms with Crippen molar-refractivity contribution >= 4 is 5.82 Å². The molecule has 1 aliphatic rings. The van der Waals surface area contributed by atoms with Crippen molar-refractivity contribution in [3.8, 4) is 5.75 Å². The van der Waals surface area contributed by atoms with Crippen LogP contribution in [0.5, 0.6) is 5.75 Å². The fraction of sp³-hybridized carbons (Fsp3) is 0.375. The van der Waals surface area contributed by atoms with Gasteiger partial charge in [-0.1, -0.05) is 0 Å². The largest absolute Gasteiger partial charge is 0.492 e. The Morgan fingerprint density at radius 3 is 2.83 bits per heavy atom. The molecule has 2 aromatic rings. The van der Waals surface area contributed by atoms with Crippen LogP contribution in [0, 0.1) is 5.82 Å². The molecule has 23 heavy (non-hydrogen) atoms. The molecule has 1 aromatic carbocycles. The summed E-state index contributed by atoms with van der Waals surface area (Å²) in [6, 6.07) is 6.02. The lowest BCUT2D eigenvalue weighted by atomic mass is 10.2. The second-order valence-corrected chi connectivity index (χ2v) is 5.29. The molecule has 0 bridgehead atoms. The maximum Gasteiger partial charge on any atom is 0.147 e. The van der Waals surface area contributed by atoms with Gasteiger partial charge in [0.15, 0.2) is 0 Å². The zero-order chi connectivity index (χ0) is 16.1. The van der Waals surface area contributed by atoms with Crippen LogP contribution in [0.15, 0.2) is 36.7 Å². The van der Waals surface area contributed by atoms with Gasteiger partial charge in [-0.15, -0.1) is 0 Å². The van der Waals surface area contributed by atoms with E-state index in [0.717, 1.165) is 13.1 Å². The number of hydrogen-bond acceptors (Lipinski definition) is 6. The van der Waals surface area contributed by atoms with Crippen molar-refractivity contribution in [3.63, 3.8) is 0 Å². The Morgan fingerprint density at radius 1 is 1.26 bits per heavy atom. The van der Waals surface area contributed by atoms with Crippen LogP contribution in [0.1, 0.15) is 11.8 Å². The molecule has 2 heterocycles. The Morgan fingerprint density at radius 2 is 2.04 bits per heavy atom. The fourth-order valence-corrected chi connectivity index (χ4v) is 2.50. The van der Waals surface area contributed by atoms with Crippen molar-refractivity contribution in [2.75, 3.05) is 38.6 Å². The van der Waals surface area contributed by atoms with E-state index < -0.39 is 0 Å². The Labute approximate surface area is 134 Å². The summed E-state index contributed by atoms with van der Waals surface area (Å²) in [6.45, 7) is 3.39. The summed E-state index contributed by atoms with van der Waals surface area (Å²) >= 11 is 0. The molecular formula is C16H19FN4O2. The Kier molecular flexibility index (Phi) is 4.99. The maximum atomic E-state index is 12.8. The number of halogens is 1. The highest BCUT2D eigenvalue weighted by Gasteiger charge is 2.24. The van der Waals surface area contributed by atoms with Gasteiger partial charge >= 0.3 is 0 Å². The molecule has 7 heteroatoms. The second kappa shape index (κ2) is 7.34. The lowest BCUT2D eigenvalue weighted by Gasteiger charge is -2.32. The SMILES string of the molecule is Nc1nccnc1C1CN(CCOc2ccc(F)cc2)CCO1. The lowest BCUT2D eigenvalue weighted by molar-refractivity contribution is -0.0346. The average Bonchev–Trinajstić information content (AvgIpc) is 2.57. The number of nitrogens with zero attached hydrogens (tertiary/aromatic N) is 3. The molecule has 2 N–H and O–H groups in total. The molecular weight excluding hydrogens is 299 g/mol.